The first kappa shape index (κ1) is 93.6. The molecule has 0 atom stereocenters. The van der Waals surface area contributed by atoms with E-state index in [1.807, 2.05) is 71.4 Å². The molecule has 3 heterocycles. The molecule has 556 valence electrons. The molecule has 1 amide bonds. The average Bonchev–Trinajstić information content (AvgIpc) is 1.65. The molecule has 3 aromatic heterocycles. The Morgan fingerprint density at radius 2 is 0.934 bits per heavy atom. The van der Waals surface area contributed by atoms with E-state index < -0.39 is 52.2 Å². The first-order valence-corrected chi connectivity index (χ1v) is 34.2. The van der Waals surface area contributed by atoms with Gasteiger partial charge in [-0.3, -0.25) is 14.4 Å². The molecule has 2 N–H and O–H groups in total. The first-order valence-electron chi connectivity index (χ1n) is 31.9. The van der Waals surface area contributed by atoms with Crippen molar-refractivity contribution < 1.29 is 189 Å². The number of imidazole rings is 3. The number of nitrogens with zero attached hydrogens (tertiary/aromatic N) is 5. The number of benzene rings is 6. The van der Waals surface area contributed by atoms with Crippen LogP contribution in [0.1, 0.15) is 155 Å². The number of nitrogens with one attached hydrogen (secondary N) is 2. The Kier molecular flexibility index (Phi) is 40.1. The van der Waals surface area contributed by atoms with Crippen LogP contribution in [0.25, 0.3) is 69.6 Å². The number of fused-ring (bicyclic) bond motifs is 3. The van der Waals surface area contributed by atoms with Gasteiger partial charge in [-0.1, -0.05) is 87.1 Å². The Bertz CT molecular complexity index is 4540. The molecular weight excluding hydrogens is 1560 g/mol. The van der Waals surface area contributed by atoms with E-state index in [2.05, 4.69) is 50.8 Å². The summed E-state index contributed by atoms with van der Waals surface area (Å²) in [7, 11) is 3.96. The molecule has 6 aromatic carbocycles. The Morgan fingerprint density at radius 3 is 1.36 bits per heavy atom. The monoisotopic (exact) mass is 1640 g/mol. The molecule has 9 rings (SSSR count). The molecule has 0 radical (unpaired) electrons. The van der Waals surface area contributed by atoms with Gasteiger partial charge in [0.25, 0.3) is 6.47 Å². The zero-order chi connectivity index (χ0) is 77.1. The molecule has 0 spiro atoms. The molecule has 22 nitrogen and oxygen atoms in total. The first-order chi connectivity index (χ1) is 49.1. The molecule has 0 aliphatic carbocycles. The normalized spacial score (nSPS) is 11.1. The number of carbonyl (C=O) groups excluding carboxylic acids is 7. The molecule has 0 aliphatic heterocycles. The van der Waals surface area contributed by atoms with E-state index in [1.54, 1.807) is 127 Å². The number of aromatic nitrogens is 6. The third-order valence-electron chi connectivity index (χ3n) is 13.7. The van der Waals surface area contributed by atoms with Crippen LogP contribution < -0.4 is 113 Å². The maximum atomic E-state index is 14.3. The summed E-state index contributed by atoms with van der Waals surface area (Å²) in [6.45, 7) is 17.8. The van der Waals surface area contributed by atoms with Crippen LogP contribution in [-0.4, -0.2) is 121 Å². The second-order valence-electron chi connectivity index (χ2n) is 25.1. The van der Waals surface area contributed by atoms with Crippen LogP contribution >= 0.6 is 50.7 Å². The fourth-order valence-corrected chi connectivity index (χ4v) is 10.1. The molecule has 0 saturated carbocycles. The standard InChI is InChI=1S/2C25H26ClFN2O4.C17H12ClFN2O2.C7H14BrNO2.CH2O3.2K.H/c1-25(2,3)33-22(30)9-6-14-29-20-12-10-17(24(31)32-4)15-19(20)28-21(29)13-11-16-7-5-8-18(26)23(16)27;1-25(2,3)33-22(30)9-6-14-29-20-15-17(24(31)32-4)10-12-19(20)28-21(29)13-11-16-7-5-8-18(26)23(16)27;1-23-17(22)11-5-7-13-14(9-11)21-15(20-13)8-6-10-3-2-4-12(18)16(10)19;1-7(2,3)11-6(10)9-5-4-8;2-1-4-3;;;/h2*5,7-8,10-13,15H,6,9,14H2,1-4H3;2-9H,1H3,(H,20,21);4-5H2,1-3H3,(H,9,10);1,3H;;;/q;;;;;2*+1;-1/p-1/b2*13-11+;8-6+;;;;;. The largest absolute Gasteiger partial charge is 1.00 e. The van der Waals surface area contributed by atoms with Crippen molar-refractivity contribution in [3.05, 3.63) is 193 Å². The average molecular weight is 1640 g/mol. The van der Waals surface area contributed by atoms with Crippen molar-refractivity contribution in [1.29, 1.82) is 0 Å². The van der Waals surface area contributed by atoms with Gasteiger partial charge in [-0.05, 0) is 184 Å². The Balaban J connectivity index is 0.000000496. The molecule has 106 heavy (non-hydrogen) atoms. The number of methoxy groups -OCH3 is 3. The molecule has 0 saturated heterocycles. The van der Waals surface area contributed by atoms with Crippen molar-refractivity contribution in [2.45, 2.75) is 118 Å². The molecule has 0 unspecified atom stereocenters. The molecule has 0 bridgehead atoms. The SMILES string of the molecule is CC(C)(C)OC(=O)NCCBr.COC(=O)c1ccc2c(c1)nc(/C=C/c1cccc(Cl)c1F)n2CCCC(=O)OC(C)(C)C.COC(=O)c1ccc2nc(/C=C/c3cccc(Cl)c3F)[nH]c2c1.COC(=O)c1ccc2nc(/C=C/c3cccc(Cl)c3F)n(CCCC(=O)OC(C)(C)C)c2c1.O=CO[O-].[H-].[K+].[K+]. The number of hydrogen-bond acceptors (Lipinski definition) is 18. The predicted octanol–water partition coefficient (Wildman–Crippen LogP) is 10.6. The minimum absolute atomic E-state index is 0. The van der Waals surface area contributed by atoms with Gasteiger partial charge in [0, 0.05) is 54.5 Å². The summed E-state index contributed by atoms with van der Waals surface area (Å²) in [6.07, 6.45) is 10.9. The van der Waals surface area contributed by atoms with Crippen LogP contribution in [-0.2, 0) is 60.8 Å². The number of carbonyl (C=O) groups is 7. The number of aryl methyl sites for hydroxylation is 2. The predicted molar refractivity (Wildman–Crippen MR) is 397 cm³/mol. The Morgan fingerprint density at radius 1 is 0.538 bits per heavy atom. The number of ether oxygens (including phenoxy) is 6. The Hall–Kier alpha value is -6.59. The van der Waals surface area contributed by atoms with E-state index in [4.69, 9.17) is 68.5 Å². The quantitative estimate of drug-likeness (QED) is 0.0136. The van der Waals surface area contributed by atoms with Gasteiger partial charge in [0.1, 0.15) is 51.7 Å². The summed E-state index contributed by atoms with van der Waals surface area (Å²) in [6, 6.07) is 29.4. The molecular formula is C75H80BrCl3F3K2N7O15. The molecule has 31 heteroatoms. The molecule has 0 aliphatic rings. The summed E-state index contributed by atoms with van der Waals surface area (Å²) in [4.78, 5) is 98.4. The minimum atomic E-state index is -0.552. The zero-order valence-electron chi connectivity index (χ0n) is 62.1. The maximum absolute atomic E-state index is 14.3. The number of alkyl halides is 1. The van der Waals surface area contributed by atoms with Crippen LogP contribution in [0.2, 0.25) is 15.1 Å². The number of esters is 5. The maximum Gasteiger partial charge on any atom is 1.00 e. The number of amides is 1. The van der Waals surface area contributed by atoms with Crippen molar-refractivity contribution in [3.8, 4) is 0 Å². The van der Waals surface area contributed by atoms with Crippen LogP contribution in [0, 0.1) is 17.5 Å². The van der Waals surface area contributed by atoms with Crippen LogP contribution in [0.5, 0.6) is 0 Å². The van der Waals surface area contributed by atoms with E-state index in [1.165, 1.54) is 39.5 Å². The van der Waals surface area contributed by atoms with Gasteiger partial charge in [0.05, 0.1) is 86.2 Å². The van der Waals surface area contributed by atoms with Crippen molar-refractivity contribution in [2.75, 3.05) is 33.2 Å². The van der Waals surface area contributed by atoms with Crippen molar-refractivity contribution >= 4 is 163 Å². The van der Waals surface area contributed by atoms with E-state index >= 15 is 0 Å². The van der Waals surface area contributed by atoms with Gasteiger partial charge >= 0.3 is 139 Å². The second-order valence-corrected chi connectivity index (χ2v) is 27.1. The third-order valence-corrected chi connectivity index (χ3v) is 14.9. The van der Waals surface area contributed by atoms with E-state index in [-0.39, 0.29) is 157 Å². The number of hydrogen-bond donors (Lipinski definition) is 2. The van der Waals surface area contributed by atoms with Crippen molar-refractivity contribution in [2.24, 2.45) is 0 Å². The molecule has 0 fully saturated rings. The van der Waals surface area contributed by atoms with Gasteiger partial charge in [0.15, 0.2) is 0 Å². The van der Waals surface area contributed by atoms with Gasteiger partial charge in [-0.2, -0.15) is 0 Å². The van der Waals surface area contributed by atoms with Crippen molar-refractivity contribution in [1.82, 2.24) is 34.4 Å². The smallest absolute Gasteiger partial charge is 1.00 e. The van der Waals surface area contributed by atoms with Gasteiger partial charge in [0.2, 0.25) is 0 Å². The van der Waals surface area contributed by atoms with E-state index in [0.29, 0.717) is 111 Å². The zero-order valence-corrected chi connectivity index (χ0v) is 71.2. The number of rotatable bonds is 20. The van der Waals surface area contributed by atoms with Gasteiger partial charge in [-0.25, -0.2) is 47.3 Å². The number of alkyl carbamates (subject to hydrolysis) is 1. The summed E-state index contributed by atoms with van der Waals surface area (Å²) in [5.41, 5.74) is 4.82. The van der Waals surface area contributed by atoms with E-state index in [9.17, 15) is 41.9 Å². The molecule has 9 aromatic rings. The summed E-state index contributed by atoms with van der Waals surface area (Å²) < 4.78 is 76.2. The Labute approximate surface area is 721 Å². The fourth-order valence-electron chi connectivity index (χ4n) is 9.31. The number of halogens is 7. The van der Waals surface area contributed by atoms with Crippen LogP contribution in [0.15, 0.2) is 109 Å². The number of H-pyrrole nitrogens is 1. The van der Waals surface area contributed by atoms with E-state index in [0.717, 1.165) is 10.8 Å². The number of aromatic amines is 1. The fraction of sp³-hybridized carbons (Fsp3) is 0.307. The summed E-state index contributed by atoms with van der Waals surface area (Å²) in [5.74, 6) is -1.78. The van der Waals surface area contributed by atoms with Crippen LogP contribution in [0.3, 0.4) is 0 Å². The van der Waals surface area contributed by atoms with Crippen molar-refractivity contribution in [3.63, 3.8) is 0 Å². The summed E-state index contributed by atoms with van der Waals surface area (Å²) in [5, 5.41) is 11.9. The van der Waals surface area contributed by atoms with Crippen LogP contribution in [0.4, 0.5) is 18.0 Å². The topological polar surface area (TPSA) is 284 Å². The minimum Gasteiger partial charge on any atom is -1.00 e. The van der Waals surface area contributed by atoms with Gasteiger partial charge < -0.3 is 59.4 Å². The third kappa shape index (κ3) is 30.8. The van der Waals surface area contributed by atoms with Gasteiger partial charge in [-0.15, -0.1) is 0 Å². The second kappa shape index (κ2) is 45.4. The summed E-state index contributed by atoms with van der Waals surface area (Å²) >= 11 is 20.7.